The molecule has 0 fully saturated rings. The van der Waals surface area contributed by atoms with Crippen molar-refractivity contribution in [1.82, 2.24) is 4.57 Å². The topological polar surface area (TPSA) is 4.93 Å². The predicted octanol–water partition coefficient (Wildman–Crippen LogP) is 19.4. The summed E-state index contributed by atoms with van der Waals surface area (Å²) in [5, 5.41) is 2.40. The number of nitrogens with zero attached hydrogens (tertiary/aromatic N) is 1. The highest BCUT2D eigenvalue weighted by Gasteiger charge is 2.29. The van der Waals surface area contributed by atoms with Crippen molar-refractivity contribution in [3.63, 3.8) is 0 Å². The normalized spacial score (nSPS) is 11.2. The van der Waals surface area contributed by atoms with Gasteiger partial charge < -0.3 is 4.57 Å². The second-order valence-electron chi connectivity index (χ2n) is 18.1. The van der Waals surface area contributed by atoms with Gasteiger partial charge in [0.1, 0.15) is 0 Å². The van der Waals surface area contributed by atoms with Crippen molar-refractivity contribution in [1.29, 1.82) is 0 Å². The van der Waals surface area contributed by atoms with Gasteiger partial charge in [-0.2, -0.15) is 0 Å². The van der Waals surface area contributed by atoms with E-state index in [9.17, 15) is 0 Å². The van der Waals surface area contributed by atoms with Gasteiger partial charge in [0.15, 0.2) is 0 Å². The molecular formula is C70H49N. The SMILES string of the molecule is C=Cc1ccc(-c2ccc3c(c2)c2cc(-c4ccc(C=C)cc4)ccc2n3-c2ccc(-c3c(-c4ccccc4)c(-c4ccccc4)c(-c4ccccc4)c(-c4ccccc4)c3-c3ccccc3)cc2)cc1. The van der Waals surface area contributed by atoms with Gasteiger partial charge in [0, 0.05) is 16.5 Å². The summed E-state index contributed by atoms with van der Waals surface area (Å²) in [6.07, 6.45) is 3.79. The lowest BCUT2D eigenvalue weighted by atomic mass is 9.74. The molecule has 0 spiro atoms. The minimum Gasteiger partial charge on any atom is -0.309 e. The van der Waals surface area contributed by atoms with Crippen molar-refractivity contribution >= 4 is 34.0 Å². The van der Waals surface area contributed by atoms with Crippen molar-refractivity contribution in [2.45, 2.75) is 0 Å². The molecule has 1 aromatic heterocycles. The lowest BCUT2D eigenvalue weighted by Crippen LogP contribution is -2.02. The summed E-state index contributed by atoms with van der Waals surface area (Å²) >= 11 is 0. The highest BCUT2D eigenvalue weighted by Crippen LogP contribution is 2.56. The molecular weight excluding hydrogens is 855 g/mol. The summed E-state index contributed by atoms with van der Waals surface area (Å²) in [6.45, 7) is 7.96. The molecule has 11 aromatic carbocycles. The van der Waals surface area contributed by atoms with Gasteiger partial charge in [0.25, 0.3) is 0 Å². The van der Waals surface area contributed by atoms with Crippen molar-refractivity contribution in [2.75, 3.05) is 0 Å². The van der Waals surface area contributed by atoms with Crippen LogP contribution in [-0.2, 0) is 0 Å². The van der Waals surface area contributed by atoms with E-state index in [1.165, 1.54) is 72.0 Å². The van der Waals surface area contributed by atoms with Crippen LogP contribution >= 0.6 is 0 Å². The molecule has 1 heterocycles. The molecule has 0 bridgehead atoms. The number of benzene rings is 11. The maximum absolute atomic E-state index is 3.98. The third-order valence-corrected chi connectivity index (χ3v) is 14.0. The van der Waals surface area contributed by atoms with Gasteiger partial charge in [-0.1, -0.05) is 250 Å². The van der Waals surface area contributed by atoms with E-state index in [0.29, 0.717) is 0 Å². The summed E-state index contributed by atoms with van der Waals surface area (Å²) in [6, 6.07) is 95.3. The molecule has 12 aromatic rings. The standard InChI is InChI=1S/C70H49N/c1-3-48-30-34-50(35-31-48)58-40-44-63-61(46-58)62-47-59(51-36-32-49(4-2)33-37-51)41-45-64(62)71(63)60-42-38-57(39-43-60)70-68(55-26-16-8-17-27-55)66(53-22-12-6-13-23-53)65(52-20-10-5-11-21-52)67(54-24-14-7-15-25-54)69(70)56-28-18-9-19-29-56/h3-47H,1-2H2. The third kappa shape index (κ3) is 7.90. The van der Waals surface area contributed by atoms with E-state index in [1.54, 1.807) is 0 Å². The Bertz CT molecular complexity index is 3660. The van der Waals surface area contributed by atoms with E-state index in [0.717, 1.165) is 55.7 Å². The number of hydrogen-bond donors (Lipinski definition) is 0. The molecule has 0 aliphatic rings. The van der Waals surface area contributed by atoms with Gasteiger partial charge in [-0.15, -0.1) is 0 Å². The van der Waals surface area contributed by atoms with Crippen LogP contribution in [-0.4, -0.2) is 4.57 Å². The van der Waals surface area contributed by atoms with Crippen LogP contribution in [0.15, 0.2) is 274 Å². The van der Waals surface area contributed by atoms with Crippen LogP contribution in [0.4, 0.5) is 0 Å². The first kappa shape index (κ1) is 43.0. The zero-order chi connectivity index (χ0) is 47.7. The molecule has 1 heteroatoms. The summed E-state index contributed by atoms with van der Waals surface area (Å²) < 4.78 is 2.43. The fourth-order valence-electron chi connectivity index (χ4n) is 10.6. The minimum absolute atomic E-state index is 1.09. The maximum Gasteiger partial charge on any atom is 0.0541 e. The monoisotopic (exact) mass is 903 g/mol. The molecule has 0 unspecified atom stereocenters. The van der Waals surface area contributed by atoms with Crippen LogP contribution in [0.2, 0.25) is 0 Å². The van der Waals surface area contributed by atoms with Crippen LogP contribution in [0.25, 0.3) is 129 Å². The molecule has 334 valence electrons. The Hall–Kier alpha value is -9.30. The molecule has 0 amide bonds. The van der Waals surface area contributed by atoms with E-state index in [4.69, 9.17) is 0 Å². The van der Waals surface area contributed by atoms with Crippen LogP contribution in [0.1, 0.15) is 11.1 Å². The molecule has 0 aliphatic carbocycles. The zero-order valence-corrected chi connectivity index (χ0v) is 39.3. The van der Waals surface area contributed by atoms with Crippen LogP contribution < -0.4 is 0 Å². The number of hydrogen-bond acceptors (Lipinski definition) is 0. The van der Waals surface area contributed by atoms with Crippen LogP contribution in [0.3, 0.4) is 0 Å². The maximum atomic E-state index is 3.98. The van der Waals surface area contributed by atoms with E-state index in [-0.39, 0.29) is 0 Å². The van der Waals surface area contributed by atoms with E-state index in [2.05, 4.69) is 279 Å². The predicted molar refractivity (Wildman–Crippen MR) is 304 cm³/mol. The van der Waals surface area contributed by atoms with E-state index in [1.807, 2.05) is 12.2 Å². The largest absolute Gasteiger partial charge is 0.309 e. The average molecular weight is 904 g/mol. The smallest absolute Gasteiger partial charge is 0.0541 e. The number of rotatable bonds is 11. The van der Waals surface area contributed by atoms with Crippen molar-refractivity contribution in [3.05, 3.63) is 285 Å². The minimum atomic E-state index is 1.09. The molecule has 0 saturated carbocycles. The van der Waals surface area contributed by atoms with Gasteiger partial charge in [-0.25, -0.2) is 0 Å². The van der Waals surface area contributed by atoms with Crippen molar-refractivity contribution in [3.8, 4) is 94.7 Å². The summed E-state index contributed by atoms with van der Waals surface area (Å²) in [4.78, 5) is 0. The average Bonchev–Trinajstić information content (AvgIpc) is 3.78. The van der Waals surface area contributed by atoms with Crippen LogP contribution in [0.5, 0.6) is 0 Å². The summed E-state index contributed by atoms with van der Waals surface area (Å²) in [5.41, 5.74) is 24.4. The fourth-order valence-corrected chi connectivity index (χ4v) is 10.6. The molecule has 1 nitrogen and oxygen atoms in total. The molecule has 12 rings (SSSR count). The van der Waals surface area contributed by atoms with Gasteiger partial charge in [0.2, 0.25) is 0 Å². The molecule has 0 atom stereocenters. The van der Waals surface area contributed by atoms with Crippen molar-refractivity contribution < 1.29 is 0 Å². The Kier molecular flexibility index (Phi) is 11.3. The van der Waals surface area contributed by atoms with Gasteiger partial charge in [-0.05, 0) is 137 Å². The van der Waals surface area contributed by atoms with Gasteiger partial charge >= 0.3 is 0 Å². The first-order chi connectivity index (χ1) is 35.1. The highest BCUT2D eigenvalue weighted by molar-refractivity contribution is 6.16. The Balaban J connectivity index is 1.14. The van der Waals surface area contributed by atoms with Gasteiger partial charge in [-0.3, -0.25) is 0 Å². The lowest BCUT2D eigenvalue weighted by molar-refractivity contribution is 1.18. The molecule has 0 N–H and O–H groups in total. The van der Waals surface area contributed by atoms with Crippen LogP contribution in [0, 0.1) is 0 Å². The first-order valence-corrected chi connectivity index (χ1v) is 24.3. The highest BCUT2D eigenvalue weighted by atomic mass is 15.0. The lowest BCUT2D eigenvalue weighted by Gasteiger charge is -2.29. The molecule has 0 saturated heterocycles. The first-order valence-electron chi connectivity index (χ1n) is 24.3. The number of aromatic nitrogens is 1. The van der Waals surface area contributed by atoms with E-state index >= 15 is 0 Å². The summed E-state index contributed by atoms with van der Waals surface area (Å²) in [7, 11) is 0. The Morgan fingerprint density at radius 3 is 0.775 bits per heavy atom. The second kappa shape index (κ2) is 18.7. The van der Waals surface area contributed by atoms with Gasteiger partial charge in [0.05, 0.1) is 11.0 Å². The third-order valence-electron chi connectivity index (χ3n) is 14.0. The number of fused-ring (bicyclic) bond motifs is 3. The summed E-state index contributed by atoms with van der Waals surface area (Å²) in [5.74, 6) is 0. The van der Waals surface area contributed by atoms with Crippen molar-refractivity contribution in [2.24, 2.45) is 0 Å². The Labute approximate surface area is 416 Å². The zero-order valence-electron chi connectivity index (χ0n) is 39.3. The molecule has 0 radical (unpaired) electrons. The Morgan fingerprint density at radius 2 is 0.493 bits per heavy atom. The quantitative estimate of drug-likeness (QED) is 0.122. The second-order valence-corrected chi connectivity index (χ2v) is 18.1. The molecule has 0 aliphatic heterocycles. The molecule has 71 heavy (non-hydrogen) atoms. The van der Waals surface area contributed by atoms with E-state index < -0.39 is 0 Å². The Morgan fingerprint density at radius 1 is 0.239 bits per heavy atom. The fraction of sp³-hybridized carbons (Fsp3) is 0.